The molecule has 0 spiro atoms. The number of nitrogens with two attached hydrogens (primary N) is 1. The summed E-state index contributed by atoms with van der Waals surface area (Å²) in [6, 6.07) is 16.1. The number of nitrogens with zero attached hydrogens (tertiary/aromatic N) is 2. The molecule has 0 fully saturated rings. The fourth-order valence-corrected chi connectivity index (χ4v) is 3.31. The SMILES string of the molecule is Nc1nc2ccccc2nc1-c1cccc2ccsc12. The van der Waals surface area contributed by atoms with Gasteiger partial charge in [0.1, 0.15) is 5.69 Å². The van der Waals surface area contributed by atoms with Crippen LogP contribution in [0.1, 0.15) is 0 Å². The van der Waals surface area contributed by atoms with Gasteiger partial charge >= 0.3 is 0 Å². The Labute approximate surface area is 119 Å². The molecular formula is C16H11N3S. The first-order chi connectivity index (χ1) is 9.83. The third kappa shape index (κ3) is 1.66. The Bertz CT molecular complexity index is 927. The van der Waals surface area contributed by atoms with Crippen LogP contribution in [0.5, 0.6) is 0 Å². The van der Waals surface area contributed by atoms with Crippen LogP contribution in [0.4, 0.5) is 5.82 Å². The molecule has 0 saturated heterocycles. The molecule has 2 aromatic carbocycles. The first-order valence-electron chi connectivity index (χ1n) is 6.32. The van der Waals surface area contributed by atoms with Crippen LogP contribution in [-0.4, -0.2) is 9.97 Å². The fraction of sp³-hybridized carbons (Fsp3) is 0. The van der Waals surface area contributed by atoms with Gasteiger partial charge in [0.15, 0.2) is 5.82 Å². The molecule has 0 saturated carbocycles. The zero-order chi connectivity index (χ0) is 13.5. The maximum atomic E-state index is 6.11. The van der Waals surface area contributed by atoms with Crippen molar-refractivity contribution >= 4 is 38.3 Å². The Kier molecular flexibility index (Phi) is 2.44. The second-order valence-electron chi connectivity index (χ2n) is 4.59. The van der Waals surface area contributed by atoms with Crippen LogP contribution in [0.15, 0.2) is 53.9 Å². The van der Waals surface area contributed by atoms with Crippen LogP contribution in [0.2, 0.25) is 0 Å². The Balaban J connectivity index is 2.06. The monoisotopic (exact) mass is 277 g/mol. The average molecular weight is 277 g/mol. The van der Waals surface area contributed by atoms with E-state index in [9.17, 15) is 0 Å². The van der Waals surface area contributed by atoms with Crippen molar-refractivity contribution < 1.29 is 0 Å². The highest BCUT2D eigenvalue weighted by Crippen LogP contribution is 2.34. The van der Waals surface area contributed by atoms with Crippen LogP contribution >= 0.6 is 11.3 Å². The summed E-state index contributed by atoms with van der Waals surface area (Å²) in [5.41, 5.74) is 9.61. The molecule has 0 bridgehead atoms. The van der Waals surface area contributed by atoms with Crippen LogP contribution in [0.3, 0.4) is 0 Å². The predicted molar refractivity (Wildman–Crippen MR) is 84.8 cm³/mol. The molecule has 0 radical (unpaired) electrons. The lowest BCUT2D eigenvalue weighted by Gasteiger charge is -2.07. The van der Waals surface area contributed by atoms with E-state index < -0.39 is 0 Å². The molecule has 4 aromatic rings. The first-order valence-corrected chi connectivity index (χ1v) is 7.20. The van der Waals surface area contributed by atoms with E-state index in [2.05, 4.69) is 22.5 Å². The molecular weight excluding hydrogens is 266 g/mol. The number of fused-ring (bicyclic) bond motifs is 2. The van der Waals surface area contributed by atoms with E-state index in [4.69, 9.17) is 10.7 Å². The molecule has 0 atom stereocenters. The van der Waals surface area contributed by atoms with Gasteiger partial charge in [-0.3, -0.25) is 0 Å². The van der Waals surface area contributed by atoms with Crippen molar-refractivity contribution in [3.05, 3.63) is 53.9 Å². The summed E-state index contributed by atoms with van der Waals surface area (Å²) in [6.07, 6.45) is 0. The van der Waals surface area contributed by atoms with E-state index in [1.165, 1.54) is 10.1 Å². The summed E-state index contributed by atoms with van der Waals surface area (Å²) >= 11 is 1.70. The first kappa shape index (κ1) is 11.4. The molecule has 2 heterocycles. The summed E-state index contributed by atoms with van der Waals surface area (Å²) in [4.78, 5) is 9.16. The minimum atomic E-state index is 0.476. The van der Waals surface area contributed by atoms with Gasteiger partial charge in [0.05, 0.1) is 11.0 Å². The fourth-order valence-electron chi connectivity index (χ4n) is 2.39. The van der Waals surface area contributed by atoms with E-state index in [0.717, 1.165) is 22.3 Å². The van der Waals surface area contributed by atoms with Gasteiger partial charge in [-0.15, -0.1) is 11.3 Å². The molecule has 0 aliphatic carbocycles. The van der Waals surface area contributed by atoms with E-state index in [-0.39, 0.29) is 0 Å². The molecule has 4 rings (SSSR count). The van der Waals surface area contributed by atoms with E-state index in [1.807, 2.05) is 36.4 Å². The number of para-hydroxylation sites is 2. The Hall–Kier alpha value is -2.46. The van der Waals surface area contributed by atoms with Gasteiger partial charge in [0.25, 0.3) is 0 Å². The van der Waals surface area contributed by atoms with Gasteiger partial charge in [-0.05, 0) is 29.0 Å². The molecule has 2 aromatic heterocycles. The van der Waals surface area contributed by atoms with Crippen molar-refractivity contribution in [1.82, 2.24) is 9.97 Å². The Morgan fingerprint density at radius 1 is 0.850 bits per heavy atom. The molecule has 3 nitrogen and oxygen atoms in total. The summed E-state index contributed by atoms with van der Waals surface area (Å²) in [6.45, 7) is 0. The van der Waals surface area contributed by atoms with Crippen molar-refractivity contribution in [3.8, 4) is 11.3 Å². The number of rotatable bonds is 1. The minimum absolute atomic E-state index is 0.476. The number of hydrogen-bond donors (Lipinski definition) is 1. The van der Waals surface area contributed by atoms with Crippen LogP contribution in [0.25, 0.3) is 32.4 Å². The number of hydrogen-bond acceptors (Lipinski definition) is 4. The third-order valence-corrected chi connectivity index (χ3v) is 4.30. The van der Waals surface area contributed by atoms with Crippen LogP contribution in [0, 0.1) is 0 Å². The highest BCUT2D eigenvalue weighted by molar-refractivity contribution is 7.17. The van der Waals surface area contributed by atoms with Crippen LogP contribution < -0.4 is 5.73 Å². The lowest BCUT2D eigenvalue weighted by molar-refractivity contribution is 1.31. The van der Waals surface area contributed by atoms with Crippen molar-refractivity contribution in [3.63, 3.8) is 0 Å². The van der Waals surface area contributed by atoms with Gasteiger partial charge in [-0.2, -0.15) is 0 Å². The number of aromatic nitrogens is 2. The normalized spacial score (nSPS) is 11.2. The van der Waals surface area contributed by atoms with Gasteiger partial charge in [0.2, 0.25) is 0 Å². The molecule has 96 valence electrons. The molecule has 4 heteroatoms. The van der Waals surface area contributed by atoms with Crippen molar-refractivity contribution in [2.75, 3.05) is 5.73 Å². The summed E-state index contributed by atoms with van der Waals surface area (Å²) in [5, 5.41) is 3.29. The average Bonchev–Trinajstić information content (AvgIpc) is 2.95. The van der Waals surface area contributed by atoms with Crippen LogP contribution in [-0.2, 0) is 0 Å². The van der Waals surface area contributed by atoms with Crippen molar-refractivity contribution in [1.29, 1.82) is 0 Å². The van der Waals surface area contributed by atoms with Gasteiger partial charge in [-0.1, -0.05) is 30.3 Å². The smallest absolute Gasteiger partial charge is 0.150 e. The standard InChI is InChI=1S/C16H11N3S/c17-16-14(18-12-6-1-2-7-13(12)19-16)11-5-3-4-10-8-9-20-15(10)11/h1-9H,(H2,17,19). The van der Waals surface area contributed by atoms with Gasteiger partial charge < -0.3 is 5.73 Å². The Morgan fingerprint density at radius 3 is 2.50 bits per heavy atom. The summed E-state index contributed by atoms with van der Waals surface area (Å²) in [7, 11) is 0. The van der Waals surface area contributed by atoms with E-state index in [0.29, 0.717) is 5.82 Å². The molecule has 0 aliphatic rings. The van der Waals surface area contributed by atoms with Gasteiger partial charge in [0, 0.05) is 10.3 Å². The van der Waals surface area contributed by atoms with E-state index in [1.54, 1.807) is 11.3 Å². The quantitative estimate of drug-likeness (QED) is 0.570. The summed E-state index contributed by atoms with van der Waals surface area (Å²) in [5.74, 6) is 0.476. The number of thiophene rings is 1. The maximum absolute atomic E-state index is 6.11. The number of nitrogen functional groups attached to an aromatic ring is 1. The third-order valence-electron chi connectivity index (χ3n) is 3.33. The molecule has 0 unspecified atom stereocenters. The second-order valence-corrected chi connectivity index (χ2v) is 5.51. The topological polar surface area (TPSA) is 51.8 Å². The zero-order valence-corrected chi connectivity index (χ0v) is 11.4. The maximum Gasteiger partial charge on any atom is 0.150 e. The van der Waals surface area contributed by atoms with Crippen molar-refractivity contribution in [2.24, 2.45) is 0 Å². The van der Waals surface area contributed by atoms with E-state index >= 15 is 0 Å². The molecule has 0 amide bonds. The van der Waals surface area contributed by atoms with Gasteiger partial charge in [-0.25, -0.2) is 9.97 Å². The number of anilines is 1. The number of benzene rings is 2. The molecule has 20 heavy (non-hydrogen) atoms. The molecule has 0 aliphatic heterocycles. The zero-order valence-electron chi connectivity index (χ0n) is 10.6. The lowest BCUT2D eigenvalue weighted by atomic mass is 10.1. The highest BCUT2D eigenvalue weighted by atomic mass is 32.1. The lowest BCUT2D eigenvalue weighted by Crippen LogP contribution is -1.98. The minimum Gasteiger partial charge on any atom is -0.382 e. The molecule has 2 N–H and O–H groups in total. The Morgan fingerprint density at radius 2 is 1.65 bits per heavy atom. The highest BCUT2D eigenvalue weighted by Gasteiger charge is 2.11. The van der Waals surface area contributed by atoms with Crippen molar-refractivity contribution in [2.45, 2.75) is 0 Å². The predicted octanol–water partition coefficient (Wildman–Crippen LogP) is 4.09. The summed E-state index contributed by atoms with van der Waals surface area (Å²) < 4.78 is 1.20. The largest absolute Gasteiger partial charge is 0.382 e. The second kappa shape index (κ2) is 4.28.